The van der Waals surface area contributed by atoms with Crippen molar-refractivity contribution in [3.8, 4) is 0 Å². The van der Waals surface area contributed by atoms with Crippen molar-refractivity contribution in [1.29, 1.82) is 0 Å². The Labute approximate surface area is 141 Å². The van der Waals surface area contributed by atoms with Crippen molar-refractivity contribution in [3.05, 3.63) is 0 Å². The van der Waals surface area contributed by atoms with E-state index in [1.165, 1.54) is 0 Å². The van der Waals surface area contributed by atoms with Crippen LogP contribution in [-0.4, -0.2) is 54.8 Å². The summed E-state index contributed by atoms with van der Waals surface area (Å²) < 4.78 is 5.47. The molecule has 6 nitrogen and oxygen atoms in total. The van der Waals surface area contributed by atoms with Crippen LogP contribution in [0.1, 0.15) is 54.4 Å². The van der Waals surface area contributed by atoms with E-state index in [-0.39, 0.29) is 11.6 Å². The third-order valence-corrected chi connectivity index (χ3v) is 3.45. The van der Waals surface area contributed by atoms with Crippen LogP contribution >= 0.6 is 0 Å². The van der Waals surface area contributed by atoms with Gasteiger partial charge in [0.25, 0.3) is 0 Å². The number of ether oxygens (including phenoxy) is 1. The van der Waals surface area contributed by atoms with Gasteiger partial charge in [-0.25, -0.2) is 4.79 Å². The quantitative estimate of drug-likeness (QED) is 0.605. The molecule has 1 fully saturated rings. The van der Waals surface area contributed by atoms with Crippen molar-refractivity contribution >= 4 is 12.1 Å². The number of carbonyl (C=O) groups is 1. The maximum Gasteiger partial charge on any atom is 0.410 e. The summed E-state index contributed by atoms with van der Waals surface area (Å²) >= 11 is 0. The minimum absolute atomic E-state index is 0.0308. The minimum atomic E-state index is -0.444. The molecule has 1 rings (SSSR count). The predicted molar refractivity (Wildman–Crippen MR) is 94.8 cm³/mol. The molecule has 0 spiro atoms. The Hall–Kier alpha value is -1.46. The molecule has 0 bridgehead atoms. The Morgan fingerprint density at radius 1 is 1.26 bits per heavy atom. The fourth-order valence-corrected chi connectivity index (χ4v) is 2.50. The van der Waals surface area contributed by atoms with E-state index in [1.807, 2.05) is 25.7 Å². The summed E-state index contributed by atoms with van der Waals surface area (Å²) in [5.74, 6) is 1.21. The molecule has 0 aromatic carbocycles. The molecule has 1 saturated heterocycles. The zero-order valence-corrected chi connectivity index (χ0v) is 15.8. The first-order valence-corrected chi connectivity index (χ1v) is 8.47. The monoisotopic (exact) mass is 326 g/mol. The summed E-state index contributed by atoms with van der Waals surface area (Å²) in [6, 6.07) is 0. The lowest BCUT2D eigenvalue weighted by Crippen LogP contribution is -2.50. The summed E-state index contributed by atoms with van der Waals surface area (Å²) in [4.78, 5) is 18.3. The molecule has 0 aromatic heterocycles. The molecule has 134 valence electrons. The van der Waals surface area contributed by atoms with Gasteiger partial charge in [0.05, 0.1) is 0 Å². The molecule has 2 N–H and O–H groups in total. The van der Waals surface area contributed by atoms with E-state index >= 15 is 0 Å². The maximum atomic E-state index is 12.2. The van der Waals surface area contributed by atoms with Gasteiger partial charge in [-0.15, -0.1) is 0 Å². The Bertz CT molecular complexity index is 421. The van der Waals surface area contributed by atoms with Crippen molar-refractivity contribution < 1.29 is 9.53 Å². The number of likely N-dealkylation sites (tertiary alicyclic amines) is 1. The highest BCUT2D eigenvalue weighted by Gasteiger charge is 2.27. The molecule has 0 aliphatic carbocycles. The summed E-state index contributed by atoms with van der Waals surface area (Å²) in [5, 5.41) is 6.71. The lowest BCUT2D eigenvalue weighted by atomic mass is 9.98. The number of carbonyl (C=O) groups excluding carboxylic acids is 1. The zero-order chi connectivity index (χ0) is 17.7. The highest BCUT2D eigenvalue weighted by Crippen LogP contribution is 2.18. The van der Waals surface area contributed by atoms with E-state index in [2.05, 4.69) is 36.4 Å². The molecule has 1 atom stereocenters. The molecule has 1 aliphatic heterocycles. The average molecular weight is 326 g/mol. The summed E-state index contributed by atoms with van der Waals surface area (Å²) in [6.07, 6.45) is 1.91. The number of nitrogens with one attached hydrogen (secondary N) is 2. The number of amides is 1. The lowest BCUT2D eigenvalue weighted by Gasteiger charge is -2.34. The molecule has 6 heteroatoms. The second-order valence-electron chi connectivity index (χ2n) is 8.26. The van der Waals surface area contributed by atoms with E-state index in [0.29, 0.717) is 5.92 Å². The Morgan fingerprint density at radius 2 is 1.91 bits per heavy atom. The Morgan fingerprint density at radius 3 is 2.43 bits per heavy atom. The van der Waals surface area contributed by atoms with E-state index in [1.54, 1.807) is 7.05 Å². The van der Waals surface area contributed by atoms with E-state index in [0.717, 1.165) is 38.4 Å². The van der Waals surface area contributed by atoms with Gasteiger partial charge in [0.15, 0.2) is 5.96 Å². The van der Waals surface area contributed by atoms with E-state index < -0.39 is 5.60 Å². The Balaban J connectivity index is 2.48. The second kappa shape index (κ2) is 7.88. The predicted octanol–water partition coefficient (Wildman–Crippen LogP) is 2.60. The molecule has 0 radical (unpaired) electrons. The minimum Gasteiger partial charge on any atom is -0.444 e. The number of piperidine rings is 1. The highest BCUT2D eigenvalue weighted by molar-refractivity contribution is 5.80. The summed E-state index contributed by atoms with van der Waals surface area (Å²) in [7, 11) is 1.77. The summed E-state index contributed by atoms with van der Waals surface area (Å²) in [5.41, 5.74) is -0.474. The number of nitrogens with zero attached hydrogens (tertiary/aromatic N) is 2. The highest BCUT2D eigenvalue weighted by atomic mass is 16.6. The van der Waals surface area contributed by atoms with Crippen LogP contribution in [0.4, 0.5) is 4.79 Å². The first-order valence-electron chi connectivity index (χ1n) is 8.47. The van der Waals surface area contributed by atoms with Gasteiger partial charge in [-0.3, -0.25) is 4.99 Å². The molecule has 1 unspecified atom stereocenters. The molecular formula is C17H34N4O2. The van der Waals surface area contributed by atoms with Crippen molar-refractivity contribution in [2.75, 3.05) is 26.7 Å². The van der Waals surface area contributed by atoms with Crippen LogP contribution in [0.15, 0.2) is 4.99 Å². The number of hydrogen-bond acceptors (Lipinski definition) is 3. The van der Waals surface area contributed by atoms with Crippen LogP contribution in [0, 0.1) is 5.92 Å². The SMILES string of the molecule is CN=C(NCC1CCCN(C(=O)OC(C)(C)C)C1)NC(C)(C)C. The van der Waals surface area contributed by atoms with Crippen molar-refractivity contribution in [3.63, 3.8) is 0 Å². The fourth-order valence-electron chi connectivity index (χ4n) is 2.50. The molecule has 1 heterocycles. The van der Waals surface area contributed by atoms with Gasteiger partial charge < -0.3 is 20.3 Å². The fraction of sp³-hybridized carbons (Fsp3) is 0.882. The number of aliphatic imine (C=N–C) groups is 1. The van der Waals surface area contributed by atoms with Crippen LogP contribution in [0.25, 0.3) is 0 Å². The van der Waals surface area contributed by atoms with Crippen molar-refractivity contribution in [2.45, 2.75) is 65.5 Å². The van der Waals surface area contributed by atoms with Crippen LogP contribution < -0.4 is 10.6 Å². The first kappa shape index (κ1) is 19.6. The number of hydrogen-bond donors (Lipinski definition) is 2. The molecule has 0 saturated carbocycles. The van der Waals surface area contributed by atoms with Crippen LogP contribution in [0.2, 0.25) is 0 Å². The molecular weight excluding hydrogens is 292 g/mol. The van der Waals surface area contributed by atoms with Gasteiger partial charge in [-0.2, -0.15) is 0 Å². The van der Waals surface area contributed by atoms with Gasteiger partial charge in [0.2, 0.25) is 0 Å². The third kappa shape index (κ3) is 8.09. The maximum absolute atomic E-state index is 12.2. The molecule has 23 heavy (non-hydrogen) atoms. The molecule has 1 amide bonds. The lowest BCUT2D eigenvalue weighted by molar-refractivity contribution is 0.0168. The first-order chi connectivity index (χ1) is 10.5. The van der Waals surface area contributed by atoms with Gasteiger partial charge in [0.1, 0.15) is 5.60 Å². The van der Waals surface area contributed by atoms with Crippen LogP contribution in [-0.2, 0) is 4.74 Å². The third-order valence-electron chi connectivity index (χ3n) is 3.45. The molecule has 0 aromatic rings. The van der Waals surface area contributed by atoms with Crippen LogP contribution in [0.3, 0.4) is 0 Å². The van der Waals surface area contributed by atoms with Crippen molar-refractivity contribution in [2.24, 2.45) is 10.9 Å². The normalized spacial score (nSPS) is 20.2. The van der Waals surface area contributed by atoms with Gasteiger partial charge in [-0.05, 0) is 60.3 Å². The smallest absolute Gasteiger partial charge is 0.410 e. The number of guanidine groups is 1. The van der Waals surface area contributed by atoms with Gasteiger partial charge >= 0.3 is 6.09 Å². The molecule has 1 aliphatic rings. The van der Waals surface area contributed by atoms with Gasteiger partial charge in [0, 0.05) is 32.2 Å². The standard InChI is InChI=1S/C17H34N4O2/c1-16(2,3)20-14(18-7)19-11-13-9-8-10-21(12-13)15(22)23-17(4,5)6/h13H,8-12H2,1-7H3,(H2,18,19,20). The number of rotatable bonds is 2. The van der Waals surface area contributed by atoms with E-state index in [9.17, 15) is 4.79 Å². The summed E-state index contributed by atoms with van der Waals surface area (Å²) in [6.45, 7) is 14.3. The van der Waals surface area contributed by atoms with Gasteiger partial charge in [-0.1, -0.05) is 0 Å². The van der Waals surface area contributed by atoms with E-state index in [4.69, 9.17) is 4.74 Å². The van der Waals surface area contributed by atoms with Crippen LogP contribution in [0.5, 0.6) is 0 Å². The van der Waals surface area contributed by atoms with Crippen molar-refractivity contribution in [1.82, 2.24) is 15.5 Å². The zero-order valence-electron chi connectivity index (χ0n) is 15.8. The topological polar surface area (TPSA) is 66.0 Å². The average Bonchev–Trinajstić information content (AvgIpc) is 2.40. The second-order valence-corrected chi connectivity index (χ2v) is 8.26. The largest absolute Gasteiger partial charge is 0.444 e. The Kier molecular flexibility index (Phi) is 6.71.